The molecule has 0 radical (unpaired) electrons. The highest BCUT2D eigenvalue weighted by molar-refractivity contribution is 5.58. The summed E-state index contributed by atoms with van der Waals surface area (Å²) in [5.41, 5.74) is 1.83. The lowest BCUT2D eigenvalue weighted by Gasteiger charge is -1.98. The van der Waals surface area contributed by atoms with Crippen LogP contribution in [-0.4, -0.2) is 24.8 Å². The molecule has 2 aromatic heterocycles. The van der Waals surface area contributed by atoms with E-state index in [0.717, 1.165) is 11.3 Å². The fourth-order valence-corrected chi connectivity index (χ4v) is 1.38. The minimum Gasteiger partial charge on any atom is -0.208 e. The molecule has 5 heteroatoms. The standard InChI is InChI=1S/C10H7N5/c1-2-4-8(5-3-1)9-6-12-15-7-11-14-10(15)13-9/h1-7H. The maximum atomic E-state index is 4.33. The van der Waals surface area contributed by atoms with Crippen molar-refractivity contribution < 1.29 is 0 Å². The normalized spacial score (nSPS) is 10.7. The van der Waals surface area contributed by atoms with Crippen molar-refractivity contribution in [3.8, 4) is 11.3 Å². The molecule has 0 saturated carbocycles. The zero-order chi connectivity index (χ0) is 10.1. The number of hydrogen-bond acceptors (Lipinski definition) is 4. The number of benzene rings is 1. The Bertz CT molecular complexity index is 587. The molecular formula is C10H7N5. The molecule has 0 amide bonds. The van der Waals surface area contributed by atoms with Gasteiger partial charge in [0.2, 0.25) is 0 Å². The van der Waals surface area contributed by atoms with Gasteiger partial charge >= 0.3 is 0 Å². The van der Waals surface area contributed by atoms with Crippen LogP contribution in [0.5, 0.6) is 0 Å². The fourth-order valence-electron chi connectivity index (χ4n) is 1.38. The Labute approximate surface area is 85.4 Å². The van der Waals surface area contributed by atoms with Gasteiger partial charge in [0, 0.05) is 5.56 Å². The van der Waals surface area contributed by atoms with Crippen LogP contribution in [0.3, 0.4) is 0 Å². The Kier molecular flexibility index (Phi) is 1.68. The van der Waals surface area contributed by atoms with E-state index in [1.807, 2.05) is 30.3 Å². The Morgan fingerprint density at radius 1 is 1.07 bits per heavy atom. The van der Waals surface area contributed by atoms with Crippen LogP contribution in [-0.2, 0) is 0 Å². The first-order valence-corrected chi connectivity index (χ1v) is 4.52. The SMILES string of the molecule is c1ccc(-c2cnn3cnnc3n2)cc1. The van der Waals surface area contributed by atoms with Crippen LogP contribution < -0.4 is 0 Å². The van der Waals surface area contributed by atoms with Crippen LogP contribution in [0.15, 0.2) is 42.9 Å². The van der Waals surface area contributed by atoms with Gasteiger partial charge < -0.3 is 0 Å². The topological polar surface area (TPSA) is 56.0 Å². The Hall–Kier alpha value is -2.30. The highest BCUT2D eigenvalue weighted by Crippen LogP contribution is 2.14. The van der Waals surface area contributed by atoms with Crippen molar-refractivity contribution in [3.63, 3.8) is 0 Å². The van der Waals surface area contributed by atoms with Gasteiger partial charge in [0.05, 0.1) is 11.9 Å². The number of fused-ring (bicyclic) bond motifs is 1. The molecule has 15 heavy (non-hydrogen) atoms. The highest BCUT2D eigenvalue weighted by atomic mass is 15.4. The van der Waals surface area contributed by atoms with Crippen LogP contribution >= 0.6 is 0 Å². The van der Waals surface area contributed by atoms with E-state index in [1.165, 1.54) is 10.8 Å². The van der Waals surface area contributed by atoms with E-state index in [-0.39, 0.29) is 0 Å². The monoisotopic (exact) mass is 197 g/mol. The summed E-state index contributed by atoms with van der Waals surface area (Å²) in [6.45, 7) is 0. The number of aromatic nitrogens is 5. The maximum absolute atomic E-state index is 4.33. The third kappa shape index (κ3) is 1.34. The van der Waals surface area contributed by atoms with Crippen LogP contribution in [0.1, 0.15) is 0 Å². The number of hydrogen-bond donors (Lipinski definition) is 0. The summed E-state index contributed by atoms with van der Waals surface area (Å²) in [6.07, 6.45) is 3.22. The molecular weight excluding hydrogens is 190 g/mol. The molecule has 0 bridgehead atoms. The van der Waals surface area contributed by atoms with E-state index in [2.05, 4.69) is 20.3 Å². The smallest absolute Gasteiger partial charge is 0.208 e. The Morgan fingerprint density at radius 2 is 1.93 bits per heavy atom. The summed E-state index contributed by atoms with van der Waals surface area (Å²) < 4.78 is 1.53. The van der Waals surface area contributed by atoms with Gasteiger partial charge in [-0.15, -0.1) is 10.2 Å². The van der Waals surface area contributed by atoms with E-state index in [0.29, 0.717) is 5.78 Å². The molecule has 0 unspecified atom stereocenters. The fraction of sp³-hybridized carbons (Fsp3) is 0. The van der Waals surface area contributed by atoms with Gasteiger partial charge in [0.15, 0.2) is 0 Å². The molecule has 2 heterocycles. The molecule has 72 valence electrons. The third-order valence-corrected chi connectivity index (χ3v) is 2.11. The summed E-state index contributed by atoms with van der Waals surface area (Å²) >= 11 is 0. The molecule has 5 nitrogen and oxygen atoms in total. The maximum Gasteiger partial charge on any atom is 0.272 e. The van der Waals surface area contributed by atoms with Gasteiger partial charge in [-0.1, -0.05) is 30.3 Å². The average Bonchev–Trinajstić information content (AvgIpc) is 2.77. The van der Waals surface area contributed by atoms with Crippen molar-refractivity contribution in [3.05, 3.63) is 42.9 Å². The van der Waals surface area contributed by atoms with Crippen molar-refractivity contribution in [2.75, 3.05) is 0 Å². The zero-order valence-corrected chi connectivity index (χ0v) is 7.78. The first-order chi connectivity index (χ1) is 7.43. The van der Waals surface area contributed by atoms with Gasteiger partial charge in [-0.05, 0) is 0 Å². The largest absolute Gasteiger partial charge is 0.272 e. The number of rotatable bonds is 1. The number of nitrogens with zero attached hydrogens (tertiary/aromatic N) is 5. The van der Waals surface area contributed by atoms with Crippen molar-refractivity contribution in [1.82, 2.24) is 24.8 Å². The van der Waals surface area contributed by atoms with Crippen LogP contribution in [0, 0.1) is 0 Å². The summed E-state index contributed by atoms with van der Waals surface area (Å²) in [4.78, 5) is 4.33. The van der Waals surface area contributed by atoms with Crippen molar-refractivity contribution >= 4 is 5.78 Å². The first-order valence-electron chi connectivity index (χ1n) is 4.52. The van der Waals surface area contributed by atoms with Crippen LogP contribution in [0.2, 0.25) is 0 Å². The quantitative estimate of drug-likeness (QED) is 0.588. The summed E-state index contributed by atoms with van der Waals surface area (Å²) in [5.74, 6) is 0.511. The van der Waals surface area contributed by atoms with Crippen LogP contribution in [0.25, 0.3) is 17.0 Å². The first kappa shape index (κ1) is 8.05. The molecule has 0 aliphatic carbocycles. The second kappa shape index (κ2) is 3.13. The van der Waals surface area contributed by atoms with Gasteiger partial charge in [-0.3, -0.25) is 0 Å². The lowest BCUT2D eigenvalue weighted by molar-refractivity contribution is 0.901. The molecule has 1 aromatic carbocycles. The molecule has 3 aromatic rings. The van der Waals surface area contributed by atoms with Crippen molar-refractivity contribution in [1.29, 1.82) is 0 Å². The minimum atomic E-state index is 0.511. The van der Waals surface area contributed by atoms with Gasteiger partial charge in [0.25, 0.3) is 5.78 Å². The van der Waals surface area contributed by atoms with Crippen molar-refractivity contribution in [2.24, 2.45) is 0 Å². The van der Waals surface area contributed by atoms with Crippen molar-refractivity contribution in [2.45, 2.75) is 0 Å². The van der Waals surface area contributed by atoms with Gasteiger partial charge in [-0.25, -0.2) is 4.98 Å². The van der Waals surface area contributed by atoms with E-state index in [4.69, 9.17) is 0 Å². The second-order valence-corrected chi connectivity index (χ2v) is 3.08. The summed E-state index contributed by atoms with van der Waals surface area (Å²) in [6, 6.07) is 9.86. The highest BCUT2D eigenvalue weighted by Gasteiger charge is 2.02. The molecule has 3 rings (SSSR count). The average molecular weight is 197 g/mol. The minimum absolute atomic E-state index is 0.511. The molecule has 0 N–H and O–H groups in total. The molecule has 0 saturated heterocycles. The summed E-state index contributed by atoms with van der Waals surface area (Å²) in [5, 5.41) is 11.7. The predicted octanol–water partition coefficient (Wildman–Crippen LogP) is 1.19. The van der Waals surface area contributed by atoms with Crippen LogP contribution in [0.4, 0.5) is 0 Å². The molecule has 0 aliphatic rings. The molecule has 0 atom stereocenters. The van der Waals surface area contributed by atoms with E-state index in [1.54, 1.807) is 6.20 Å². The molecule has 0 spiro atoms. The van der Waals surface area contributed by atoms with E-state index >= 15 is 0 Å². The zero-order valence-electron chi connectivity index (χ0n) is 7.78. The van der Waals surface area contributed by atoms with Gasteiger partial charge in [-0.2, -0.15) is 9.61 Å². The van der Waals surface area contributed by atoms with E-state index < -0.39 is 0 Å². The Balaban J connectivity index is 2.19. The lowest BCUT2D eigenvalue weighted by atomic mass is 10.2. The van der Waals surface area contributed by atoms with Gasteiger partial charge in [0.1, 0.15) is 6.33 Å². The lowest BCUT2D eigenvalue weighted by Crippen LogP contribution is -1.94. The molecule has 0 fully saturated rings. The summed E-state index contributed by atoms with van der Waals surface area (Å²) in [7, 11) is 0. The Morgan fingerprint density at radius 3 is 2.80 bits per heavy atom. The predicted molar refractivity (Wildman–Crippen MR) is 54.0 cm³/mol. The second-order valence-electron chi connectivity index (χ2n) is 3.08. The molecule has 0 aliphatic heterocycles. The third-order valence-electron chi connectivity index (χ3n) is 2.11. The van der Waals surface area contributed by atoms with E-state index in [9.17, 15) is 0 Å².